The maximum Gasteiger partial charge on any atom is 0.343 e. The molecule has 1 aromatic rings. The third-order valence-electron chi connectivity index (χ3n) is 2.87. The van der Waals surface area contributed by atoms with E-state index in [1.165, 1.54) is 10.9 Å². The van der Waals surface area contributed by atoms with Crippen molar-refractivity contribution in [3.63, 3.8) is 0 Å². The minimum absolute atomic E-state index is 0.138. The molecule has 0 saturated carbocycles. The van der Waals surface area contributed by atoms with E-state index in [2.05, 4.69) is 10.4 Å². The molecule has 5 nitrogen and oxygen atoms in total. The molecule has 18 heavy (non-hydrogen) atoms. The van der Waals surface area contributed by atoms with Crippen molar-refractivity contribution in [3.8, 4) is 0 Å². The molecular formula is C11H15F2N3O2. The maximum absolute atomic E-state index is 12.9. The van der Waals surface area contributed by atoms with Gasteiger partial charge in [-0.2, -0.15) is 5.10 Å². The molecule has 1 aliphatic heterocycles. The molecule has 0 amide bonds. The lowest BCUT2D eigenvalue weighted by Gasteiger charge is -2.30. The van der Waals surface area contributed by atoms with E-state index >= 15 is 0 Å². The number of nitrogens with one attached hydrogen (secondary N) is 1. The van der Waals surface area contributed by atoms with Crippen LogP contribution in [-0.4, -0.2) is 34.8 Å². The maximum atomic E-state index is 12.9. The van der Waals surface area contributed by atoms with Gasteiger partial charge in [-0.15, -0.1) is 0 Å². The van der Waals surface area contributed by atoms with Gasteiger partial charge in [0.25, 0.3) is 6.43 Å². The van der Waals surface area contributed by atoms with Crippen LogP contribution in [0.4, 0.5) is 14.6 Å². The topological polar surface area (TPSA) is 56.1 Å². The van der Waals surface area contributed by atoms with Gasteiger partial charge in [0.2, 0.25) is 0 Å². The van der Waals surface area contributed by atoms with Gasteiger partial charge in [0, 0.05) is 6.04 Å². The summed E-state index contributed by atoms with van der Waals surface area (Å²) in [5.74, 6) is -0.231. The summed E-state index contributed by atoms with van der Waals surface area (Å²) >= 11 is 0. The molecule has 0 saturated heterocycles. The van der Waals surface area contributed by atoms with E-state index in [1.807, 2.05) is 0 Å². The highest BCUT2D eigenvalue weighted by molar-refractivity contribution is 5.94. The fourth-order valence-corrected chi connectivity index (χ4v) is 2.08. The number of hydrogen-bond donors (Lipinski definition) is 1. The van der Waals surface area contributed by atoms with Crippen LogP contribution in [0, 0.1) is 0 Å². The Morgan fingerprint density at radius 1 is 1.72 bits per heavy atom. The van der Waals surface area contributed by atoms with Crippen LogP contribution in [0.1, 0.15) is 36.7 Å². The van der Waals surface area contributed by atoms with Crippen molar-refractivity contribution in [2.24, 2.45) is 0 Å². The van der Waals surface area contributed by atoms with E-state index in [4.69, 9.17) is 4.74 Å². The summed E-state index contributed by atoms with van der Waals surface area (Å²) in [5.41, 5.74) is 0.203. The first-order valence-electron chi connectivity index (χ1n) is 5.84. The number of anilines is 1. The van der Waals surface area contributed by atoms with Gasteiger partial charge in [-0.1, -0.05) is 0 Å². The summed E-state index contributed by atoms with van der Waals surface area (Å²) in [4.78, 5) is 11.7. The number of nitrogens with zero attached hydrogens (tertiary/aromatic N) is 2. The monoisotopic (exact) mass is 259 g/mol. The molecule has 1 N–H and O–H groups in total. The number of esters is 1. The van der Waals surface area contributed by atoms with E-state index in [9.17, 15) is 13.6 Å². The lowest BCUT2D eigenvalue weighted by atomic mass is 10.1. The molecule has 0 fully saturated rings. The number of carbonyl (C=O) groups excluding carboxylic acids is 1. The summed E-state index contributed by atoms with van der Waals surface area (Å²) < 4.78 is 31.9. The zero-order chi connectivity index (χ0) is 13.3. The molecule has 1 aliphatic rings. The molecule has 0 radical (unpaired) electrons. The Labute approximate surface area is 103 Å². The van der Waals surface area contributed by atoms with Gasteiger partial charge in [0.05, 0.1) is 12.8 Å². The largest absolute Gasteiger partial charge is 0.462 e. The van der Waals surface area contributed by atoms with Gasteiger partial charge < -0.3 is 10.1 Å². The van der Waals surface area contributed by atoms with Gasteiger partial charge >= 0.3 is 5.97 Å². The average Bonchev–Trinajstić information content (AvgIpc) is 2.71. The number of rotatable bonds is 3. The number of ether oxygens (including phenoxy) is 1. The smallest absolute Gasteiger partial charge is 0.343 e. The molecule has 1 aromatic heterocycles. The molecule has 2 rings (SSSR count). The predicted octanol–water partition coefficient (Wildman–Crippen LogP) is 2.07. The highest BCUT2D eigenvalue weighted by Gasteiger charge is 2.34. The van der Waals surface area contributed by atoms with Crippen LogP contribution in [-0.2, 0) is 4.74 Å². The molecule has 0 bridgehead atoms. The summed E-state index contributed by atoms with van der Waals surface area (Å²) in [5, 5.41) is 6.87. The minimum Gasteiger partial charge on any atom is -0.462 e. The predicted molar refractivity (Wildman–Crippen MR) is 60.9 cm³/mol. The number of halogens is 2. The number of hydrogen-bond acceptors (Lipinski definition) is 4. The Balaban J connectivity index is 2.36. The zero-order valence-corrected chi connectivity index (χ0v) is 10.2. The molecular weight excluding hydrogens is 244 g/mol. The van der Waals surface area contributed by atoms with E-state index in [1.54, 1.807) is 13.8 Å². The van der Waals surface area contributed by atoms with E-state index < -0.39 is 18.4 Å². The molecule has 2 heterocycles. The SMILES string of the molecule is CCOC(=O)c1cnn2c1N[C@@H](C)C[C@H]2C(F)F. The second-order valence-corrected chi connectivity index (χ2v) is 4.25. The number of aromatic nitrogens is 2. The Kier molecular flexibility index (Phi) is 3.49. The Morgan fingerprint density at radius 2 is 2.44 bits per heavy atom. The van der Waals surface area contributed by atoms with Crippen LogP contribution in [0.5, 0.6) is 0 Å². The first-order chi connectivity index (χ1) is 8.54. The lowest BCUT2D eigenvalue weighted by molar-refractivity contribution is 0.0522. The lowest BCUT2D eigenvalue weighted by Crippen LogP contribution is -2.34. The normalized spacial score (nSPS) is 22.5. The Morgan fingerprint density at radius 3 is 3.06 bits per heavy atom. The molecule has 7 heteroatoms. The third kappa shape index (κ3) is 2.16. The standard InChI is InChI=1S/C11H15F2N3O2/c1-3-18-11(17)7-5-14-16-8(9(12)13)4-6(2)15-10(7)16/h5-6,8-9,15H,3-4H2,1-2H3/t6-,8-/m0/s1. The van der Waals surface area contributed by atoms with Crippen molar-refractivity contribution < 1.29 is 18.3 Å². The summed E-state index contributed by atoms with van der Waals surface area (Å²) in [6.45, 7) is 3.71. The average molecular weight is 259 g/mol. The number of carbonyl (C=O) groups is 1. The van der Waals surface area contributed by atoms with Crippen molar-refractivity contribution in [2.75, 3.05) is 11.9 Å². The van der Waals surface area contributed by atoms with Crippen LogP contribution in [0.15, 0.2) is 6.20 Å². The summed E-state index contributed by atoms with van der Waals surface area (Å²) in [6.07, 6.45) is -0.967. The second kappa shape index (κ2) is 4.91. The minimum atomic E-state index is -2.51. The number of fused-ring (bicyclic) bond motifs is 1. The van der Waals surface area contributed by atoms with E-state index in [-0.39, 0.29) is 24.6 Å². The van der Waals surface area contributed by atoms with Gasteiger partial charge in [0.1, 0.15) is 17.4 Å². The van der Waals surface area contributed by atoms with Crippen molar-refractivity contribution in [1.82, 2.24) is 9.78 Å². The van der Waals surface area contributed by atoms with Crippen molar-refractivity contribution in [2.45, 2.75) is 38.8 Å². The van der Waals surface area contributed by atoms with E-state index in [0.717, 1.165) is 0 Å². The van der Waals surface area contributed by atoms with Crippen molar-refractivity contribution in [3.05, 3.63) is 11.8 Å². The van der Waals surface area contributed by atoms with Crippen LogP contribution in [0.3, 0.4) is 0 Å². The summed E-state index contributed by atoms with van der Waals surface area (Å²) in [7, 11) is 0. The van der Waals surface area contributed by atoms with Crippen molar-refractivity contribution in [1.29, 1.82) is 0 Å². The summed E-state index contributed by atoms with van der Waals surface area (Å²) in [6, 6.07) is -1.14. The highest BCUT2D eigenvalue weighted by Crippen LogP contribution is 2.33. The first kappa shape index (κ1) is 12.8. The highest BCUT2D eigenvalue weighted by atomic mass is 19.3. The second-order valence-electron chi connectivity index (χ2n) is 4.25. The molecule has 0 unspecified atom stereocenters. The van der Waals surface area contributed by atoms with Crippen molar-refractivity contribution >= 4 is 11.8 Å². The van der Waals surface area contributed by atoms with Crippen LogP contribution in [0.25, 0.3) is 0 Å². The van der Waals surface area contributed by atoms with Gasteiger partial charge in [0.15, 0.2) is 0 Å². The van der Waals surface area contributed by atoms with Gasteiger partial charge in [-0.25, -0.2) is 18.3 Å². The first-order valence-corrected chi connectivity index (χ1v) is 5.84. The Bertz CT molecular complexity index is 447. The molecule has 2 atom stereocenters. The van der Waals surface area contributed by atoms with E-state index in [0.29, 0.717) is 5.82 Å². The molecule has 0 aromatic carbocycles. The van der Waals surface area contributed by atoms with Crippen LogP contribution in [0.2, 0.25) is 0 Å². The third-order valence-corrected chi connectivity index (χ3v) is 2.87. The molecule has 0 spiro atoms. The van der Waals surface area contributed by atoms with Gasteiger partial charge in [-0.3, -0.25) is 0 Å². The number of alkyl halides is 2. The fraction of sp³-hybridized carbons (Fsp3) is 0.636. The van der Waals surface area contributed by atoms with Gasteiger partial charge in [-0.05, 0) is 20.3 Å². The van der Waals surface area contributed by atoms with Crippen LogP contribution >= 0.6 is 0 Å². The fourth-order valence-electron chi connectivity index (χ4n) is 2.08. The molecule has 100 valence electrons. The molecule has 0 aliphatic carbocycles. The quantitative estimate of drug-likeness (QED) is 0.844. The van der Waals surface area contributed by atoms with Crippen LogP contribution < -0.4 is 5.32 Å². The Hall–Kier alpha value is -1.66. The zero-order valence-electron chi connectivity index (χ0n) is 10.2.